The molecule has 1 saturated heterocycles. The summed E-state index contributed by atoms with van der Waals surface area (Å²) in [5, 5.41) is 0. The van der Waals surface area contributed by atoms with E-state index in [2.05, 4.69) is 58.1 Å². The minimum absolute atomic E-state index is 0.448. The predicted octanol–water partition coefficient (Wildman–Crippen LogP) is 3.04. The second-order valence-corrected chi connectivity index (χ2v) is 6.25. The maximum Gasteiger partial charge on any atom is 0.156 e. The zero-order valence-corrected chi connectivity index (χ0v) is 14.8. The molecule has 3 rings (SSSR count). The van der Waals surface area contributed by atoms with Gasteiger partial charge < -0.3 is 14.5 Å². The van der Waals surface area contributed by atoms with Crippen LogP contribution < -0.4 is 9.80 Å². The van der Waals surface area contributed by atoms with E-state index in [0.717, 1.165) is 43.4 Å². The Balaban J connectivity index is 1.80. The molecule has 1 fully saturated rings. The molecule has 128 valence electrons. The molecule has 2 aromatic rings. The average Bonchev–Trinajstić information content (AvgIpc) is 2.61. The highest BCUT2D eigenvalue weighted by Gasteiger charge is 2.27. The molecular weight excluding hydrogens is 300 g/mol. The summed E-state index contributed by atoms with van der Waals surface area (Å²) < 4.78 is 5.20. The maximum atomic E-state index is 5.20. The van der Waals surface area contributed by atoms with Crippen molar-refractivity contribution in [3.63, 3.8) is 0 Å². The summed E-state index contributed by atoms with van der Waals surface area (Å²) in [5.41, 5.74) is 2.29. The summed E-state index contributed by atoms with van der Waals surface area (Å²) >= 11 is 0. The number of hydrogen-bond donors (Lipinski definition) is 0. The maximum absolute atomic E-state index is 5.20. The Morgan fingerprint density at radius 3 is 2.67 bits per heavy atom. The number of nitrogens with zero attached hydrogens (tertiary/aromatic N) is 4. The van der Waals surface area contributed by atoms with Gasteiger partial charge in [0.05, 0.1) is 0 Å². The molecule has 0 amide bonds. The first-order valence-electron chi connectivity index (χ1n) is 8.61. The molecule has 0 unspecified atom stereocenters. The lowest BCUT2D eigenvalue weighted by atomic mass is 10.1. The number of methoxy groups -OCH3 is 1. The van der Waals surface area contributed by atoms with Gasteiger partial charge in [-0.25, -0.2) is 9.97 Å². The van der Waals surface area contributed by atoms with Crippen LogP contribution in [-0.2, 0) is 11.3 Å². The number of ether oxygens (including phenoxy) is 1. The Hall–Kier alpha value is -2.14. The molecular formula is C19H26N4O. The Morgan fingerprint density at radius 2 is 1.96 bits per heavy atom. The minimum Gasteiger partial charge on any atom is -0.377 e. The molecule has 1 atom stereocenters. The number of hydrogen-bond acceptors (Lipinski definition) is 5. The number of piperazine rings is 1. The Kier molecular flexibility index (Phi) is 5.30. The van der Waals surface area contributed by atoms with E-state index in [1.165, 1.54) is 5.69 Å². The molecule has 0 N–H and O–H groups in total. The van der Waals surface area contributed by atoms with Crippen molar-refractivity contribution < 1.29 is 4.74 Å². The summed E-state index contributed by atoms with van der Waals surface area (Å²) in [6.07, 6.45) is 1.09. The molecule has 0 saturated carbocycles. The van der Waals surface area contributed by atoms with E-state index >= 15 is 0 Å². The van der Waals surface area contributed by atoms with Crippen molar-refractivity contribution in [3.05, 3.63) is 47.9 Å². The fourth-order valence-corrected chi connectivity index (χ4v) is 3.33. The third-order valence-electron chi connectivity index (χ3n) is 4.53. The first kappa shape index (κ1) is 16.7. The highest BCUT2D eigenvalue weighted by Crippen LogP contribution is 2.24. The summed E-state index contributed by atoms with van der Waals surface area (Å²) in [7, 11) is 1.68. The lowest BCUT2D eigenvalue weighted by Crippen LogP contribution is -2.53. The second kappa shape index (κ2) is 7.62. The van der Waals surface area contributed by atoms with Crippen LogP contribution in [0.3, 0.4) is 0 Å². The third-order valence-corrected chi connectivity index (χ3v) is 4.53. The fourth-order valence-electron chi connectivity index (χ4n) is 3.33. The van der Waals surface area contributed by atoms with E-state index in [4.69, 9.17) is 9.72 Å². The van der Waals surface area contributed by atoms with Crippen molar-refractivity contribution in [3.8, 4) is 0 Å². The predicted molar refractivity (Wildman–Crippen MR) is 97.6 cm³/mol. The standard InChI is InChI=1S/C19H26N4O/c1-4-16-13-22(17-8-6-5-7-9-17)10-11-23(16)19-12-15(2)20-18(21-19)14-24-3/h5-9,12,16H,4,10-11,13-14H2,1-3H3/t16-/m1/s1. The number of rotatable bonds is 5. The van der Waals surface area contributed by atoms with Crippen molar-refractivity contribution in [2.75, 3.05) is 36.5 Å². The molecule has 2 heterocycles. The first-order chi connectivity index (χ1) is 11.7. The molecule has 1 aliphatic heterocycles. The van der Waals surface area contributed by atoms with Crippen LogP contribution >= 0.6 is 0 Å². The zero-order chi connectivity index (χ0) is 16.9. The van der Waals surface area contributed by atoms with Crippen LogP contribution in [-0.4, -0.2) is 42.8 Å². The number of para-hydroxylation sites is 1. The minimum atomic E-state index is 0.448. The molecule has 5 nitrogen and oxygen atoms in total. The number of aryl methyl sites for hydroxylation is 1. The third kappa shape index (κ3) is 3.67. The van der Waals surface area contributed by atoms with Crippen molar-refractivity contribution >= 4 is 11.5 Å². The lowest BCUT2D eigenvalue weighted by Gasteiger charge is -2.43. The largest absolute Gasteiger partial charge is 0.377 e. The number of anilines is 2. The van der Waals surface area contributed by atoms with Crippen molar-refractivity contribution in [2.24, 2.45) is 0 Å². The van der Waals surface area contributed by atoms with Crippen LogP contribution in [0.2, 0.25) is 0 Å². The highest BCUT2D eigenvalue weighted by molar-refractivity contribution is 5.50. The van der Waals surface area contributed by atoms with Gasteiger partial charge in [0.25, 0.3) is 0 Å². The van der Waals surface area contributed by atoms with Gasteiger partial charge in [0, 0.05) is 50.2 Å². The molecule has 1 aromatic carbocycles. The molecule has 0 spiro atoms. The summed E-state index contributed by atoms with van der Waals surface area (Å²) in [5.74, 6) is 1.78. The number of benzene rings is 1. The van der Waals surface area contributed by atoms with Gasteiger partial charge in [-0.1, -0.05) is 25.1 Å². The molecule has 1 aliphatic rings. The highest BCUT2D eigenvalue weighted by atomic mass is 16.5. The normalized spacial score (nSPS) is 18.0. The lowest BCUT2D eigenvalue weighted by molar-refractivity contribution is 0.177. The topological polar surface area (TPSA) is 41.5 Å². The number of aromatic nitrogens is 2. The summed E-state index contributed by atoms with van der Waals surface area (Å²) in [4.78, 5) is 14.1. The SMILES string of the molecule is CC[C@@H]1CN(c2ccccc2)CCN1c1cc(C)nc(COC)n1. The van der Waals surface area contributed by atoms with Gasteiger partial charge in [-0.05, 0) is 25.5 Å². The van der Waals surface area contributed by atoms with Gasteiger partial charge in [-0.15, -0.1) is 0 Å². The Morgan fingerprint density at radius 1 is 1.17 bits per heavy atom. The van der Waals surface area contributed by atoms with E-state index < -0.39 is 0 Å². The first-order valence-corrected chi connectivity index (χ1v) is 8.61. The summed E-state index contributed by atoms with van der Waals surface area (Å²) in [6, 6.07) is 13.2. The Labute approximate surface area is 144 Å². The van der Waals surface area contributed by atoms with Crippen LogP contribution in [0.25, 0.3) is 0 Å². The van der Waals surface area contributed by atoms with Crippen LogP contribution in [0.5, 0.6) is 0 Å². The van der Waals surface area contributed by atoms with Crippen molar-refractivity contribution in [1.82, 2.24) is 9.97 Å². The van der Waals surface area contributed by atoms with E-state index in [1.807, 2.05) is 6.92 Å². The average molecular weight is 326 g/mol. The smallest absolute Gasteiger partial charge is 0.156 e. The van der Waals surface area contributed by atoms with E-state index in [1.54, 1.807) is 7.11 Å². The van der Waals surface area contributed by atoms with Gasteiger partial charge in [0.15, 0.2) is 5.82 Å². The molecule has 0 bridgehead atoms. The van der Waals surface area contributed by atoms with Gasteiger partial charge in [0.2, 0.25) is 0 Å². The molecule has 24 heavy (non-hydrogen) atoms. The molecule has 1 aromatic heterocycles. The van der Waals surface area contributed by atoms with Crippen molar-refractivity contribution in [1.29, 1.82) is 0 Å². The molecule has 0 radical (unpaired) electrons. The van der Waals surface area contributed by atoms with E-state index in [0.29, 0.717) is 12.6 Å². The van der Waals surface area contributed by atoms with Crippen LogP contribution in [0.15, 0.2) is 36.4 Å². The fraction of sp³-hybridized carbons (Fsp3) is 0.474. The molecule has 5 heteroatoms. The summed E-state index contributed by atoms with van der Waals surface area (Å²) in [6.45, 7) is 7.71. The van der Waals surface area contributed by atoms with Crippen LogP contribution in [0.1, 0.15) is 24.9 Å². The quantitative estimate of drug-likeness (QED) is 0.845. The second-order valence-electron chi connectivity index (χ2n) is 6.25. The monoisotopic (exact) mass is 326 g/mol. The van der Waals surface area contributed by atoms with E-state index in [9.17, 15) is 0 Å². The molecule has 0 aliphatic carbocycles. The van der Waals surface area contributed by atoms with E-state index in [-0.39, 0.29) is 0 Å². The van der Waals surface area contributed by atoms with Gasteiger partial charge in [-0.3, -0.25) is 0 Å². The Bertz CT molecular complexity index is 662. The zero-order valence-electron chi connectivity index (χ0n) is 14.8. The van der Waals surface area contributed by atoms with Gasteiger partial charge in [-0.2, -0.15) is 0 Å². The van der Waals surface area contributed by atoms with Crippen LogP contribution in [0, 0.1) is 6.92 Å². The van der Waals surface area contributed by atoms with Gasteiger partial charge in [0.1, 0.15) is 12.4 Å². The van der Waals surface area contributed by atoms with Gasteiger partial charge >= 0.3 is 0 Å². The van der Waals surface area contributed by atoms with Crippen LogP contribution in [0.4, 0.5) is 11.5 Å². The van der Waals surface area contributed by atoms with Crippen molar-refractivity contribution in [2.45, 2.75) is 32.9 Å².